The minimum Gasteiger partial charge on any atom is -0.503 e. The zero-order valence-corrected chi connectivity index (χ0v) is 9.50. The Bertz CT molecular complexity index is 441. The fourth-order valence-electron chi connectivity index (χ4n) is 1.26. The highest BCUT2D eigenvalue weighted by molar-refractivity contribution is 6.16. The number of carbonyl (C=O) groups is 1. The molecule has 5 heteroatoms. The van der Waals surface area contributed by atoms with Crippen LogP contribution in [0.2, 0.25) is 0 Å². The van der Waals surface area contributed by atoms with Gasteiger partial charge in [0, 0.05) is 11.6 Å². The van der Waals surface area contributed by atoms with Gasteiger partial charge in [0.15, 0.2) is 0 Å². The number of ether oxygens (including phenoxy) is 2. The molecular weight excluding hydrogens is 230 g/mol. The second-order valence-corrected chi connectivity index (χ2v) is 3.11. The highest BCUT2D eigenvalue weighted by Crippen LogP contribution is 2.20. The second-order valence-electron chi connectivity index (χ2n) is 3.11. The second kappa shape index (κ2) is 5.98. The van der Waals surface area contributed by atoms with Crippen LogP contribution < -0.4 is 0 Å². The number of hydrogen-bond donors (Lipinski definition) is 0. The molecule has 0 aliphatic heterocycles. The zero-order valence-electron chi connectivity index (χ0n) is 9.50. The van der Waals surface area contributed by atoms with Gasteiger partial charge >= 0.3 is 5.97 Å². The Labute approximate surface area is 97.7 Å². The summed E-state index contributed by atoms with van der Waals surface area (Å²) in [5, 5.41) is 0. The van der Waals surface area contributed by atoms with Gasteiger partial charge < -0.3 is 9.47 Å². The number of esters is 1. The lowest BCUT2D eigenvalue weighted by molar-refractivity contribution is -0.136. The Balaban J connectivity index is 3.15. The Kier molecular flexibility index (Phi) is 4.63. The summed E-state index contributed by atoms with van der Waals surface area (Å²) >= 11 is 0. The van der Waals surface area contributed by atoms with Gasteiger partial charge in [-0.15, -0.1) is 0 Å². The van der Waals surface area contributed by atoms with Gasteiger partial charge in [0.2, 0.25) is 0 Å². The lowest BCUT2D eigenvalue weighted by Gasteiger charge is -2.07. The number of hydrogen-bond acceptors (Lipinski definition) is 3. The third-order valence-electron chi connectivity index (χ3n) is 1.95. The molecule has 0 heterocycles. The number of rotatable bonds is 4. The summed E-state index contributed by atoms with van der Waals surface area (Å²) < 4.78 is 35.7. The average Bonchev–Trinajstić information content (AvgIpc) is 2.27. The third-order valence-corrected chi connectivity index (χ3v) is 1.95. The highest BCUT2D eigenvalue weighted by Gasteiger charge is 2.18. The van der Waals surface area contributed by atoms with Gasteiger partial charge in [0.25, 0.3) is 0 Å². The Morgan fingerprint density at radius 2 is 2.12 bits per heavy atom. The molecule has 0 atom stereocenters. The molecule has 1 rings (SSSR count). The molecule has 17 heavy (non-hydrogen) atoms. The predicted molar refractivity (Wildman–Crippen MR) is 58.0 cm³/mol. The molecule has 92 valence electrons. The van der Waals surface area contributed by atoms with Crippen molar-refractivity contribution in [3.63, 3.8) is 0 Å². The molecular formula is C12H12F2O3. The van der Waals surface area contributed by atoms with Gasteiger partial charge in [-0.25, -0.2) is 13.6 Å². The van der Waals surface area contributed by atoms with Crippen LogP contribution in [0.4, 0.5) is 8.78 Å². The average molecular weight is 242 g/mol. The maximum absolute atomic E-state index is 13.5. The fraction of sp³-hybridized carbons (Fsp3) is 0.250. The van der Waals surface area contributed by atoms with Crippen LogP contribution >= 0.6 is 0 Å². The molecule has 0 amide bonds. The number of methoxy groups -OCH3 is 1. The van der Waals surface area contributed by atoms with E-state index >= 15 is 0 Å². The number of carbonyl (C=O) groups excluding carboxylic acids is 1. The summed E-state index contributed by atoms with van der Waals surface area (Å²) in [6.45, 7) is 1.78. The van der Waals surface area contributed by atoms with Crippen molar-refractivity contribution >= 4 is 11.5 Å². The van der Waals surface area contributed by atoms with E-state index in [2.05, 4.69) is 4.74 Å². The van der Waals surface area contributed by atoms with Crippen LogP contribution in [0.3, 0.4) is 0 Å². The number of benzene rings is 1. The van der Waals surface area contributed by atoms with E-state index in [0.29, 0.717) is 6.07 Å². The molecule has 0 aliphatic carbocycles. The van der Waals surface area contributed by atoms with E-state index in [1.54, 1.807) is 6.92 Å². The summed E-state index contributed by atoms with van der Waals surface area (Å²) in [4.78, 5) is 11.5. The molecule has 0 aliphatic rings. The van der Waals surface area contributed by atoms with Gasteiger partial charge in [0.05, 0.1) is 20.0 Å². The minimum atomic E-state index is -0.846. The first-order chi connectivity index (χ1) is 8.10. The zero-order chi connectivity index (χ0) is 12.8. The largest absolute Gasteiger partial charge is 0.503 e. The third kappa shape index (κ3) is 3.27. The van der Waals surface area contributed by atoms with Gasteiger partial charge in [-0.2, -0.15) is 0 Å². The van der Waals surface area contributed by atoms with Crippen molar-refractivity contribution in [2.45, 2.75) is 6.92 Å². The summed E-state index contributed by atoms with van der Waals surface area (Å²) in [5.41, 5.74) is -0.154. The Morgan fingerprint density at radius 3 is 2.65 bits per heavy atom. The van der Waals surface area contributed by atoms with Crippen LogP contribution in [0.25, 0.3) is 5.57 Å². The first-order valence-electron chi connectivity index (χ1n) is 4.95. The van der Waals surface area contributed by atoms with Gasteiger partial charge in [-0.3, -0.25) is 0 Å². The Morgan fingerprint density at radius 1 is 1.41 bits per heavy atom. The minimum absolute atomic E-state index is 0.0632. The normalized spacial score (nSPS) is 11.2. The van der Waals surface area contributed by atoms with E-state index in [0.717, 1.165) is 18.4 Å². The predicted octanol–water partition coefficient (Wildman–Crippen LogP) is 2.52. The van der Waals surface area contributed by atoms with Crippen LogP contribution in [0.5, 0.6) is 0 Å². The van der Waals surface area contributed by atoms with Crippen molar-refractivity contribution in [1.29, 1.82) is 0 Å². The maximum Gasteiger partial charge on any atom is 0.341 e. The molecule has 1 aromatic carbocycles. The van der Waals surface area contributed by atoms with Crippen molar-refractivity contribution < 1.29 is 23.0 Å². The van der Waals surface area contributed by atoms with E-state index < -0.39 is 17.6 Å². The van der Waals surface area contributed by atoms with Crippen molar-refractivity contribution in [1.82, 2.24) is 0 Å². The molecule has 0 aromatic heterocycles. The first kappa shape index (κ1) is 13.2. The fourth-order valence-corrected chi connectivity index (χ4v) is 1.26. The van der Waals surface area contributed by atoms with E-state index in [9.17, 15) is 13.6 Å². The van der Waals surface area contributed by atoms with Crippen molar-refractivity contribution in [2.75, 3.05) is 13.7 Å². The van der Waals surface area contributed by atoms with Gasteiger partial charge in [-0.05, 0) is 19.1 Å². The van der Waals surface area contributed by atoms with E-state index in [1.165, 1.54) is 7.11 Å². The maximum atomic E-state index is 13.5. The standard InChI is InChI=1S/C12H12F2O3/c1-3-17-12(15)10(7-16-2)9-5-4-8(13)6-11(9)14/h4-7H,3H2,1-2H3. The van der Waals surface area contributed by atoms with Gasteiger partial charge in [0.1, 0.15) is 17.2 Å². The van der Waals surface area contributed by atoms with Crippen LogP contribution in [0.1, 0.15) is 12.5 Å². The Hall–Kier alpha value is -1.91. The van der Waals surface area contributed by atoms with E-state index in [4.69, 9.17) is 4.74 Å². The van der Waals surface area contributed by atoms with Crippen LogP contribution in [-0.4, -0.2) is 19.7 Å². The number of halogens is 2. The quantitative estimate of drug-likeness (QED) is 0.462. The lowest BCUT2D eigenvalue weighted by atomic mass is 10.1. The first-order valence-corrected chi connectivity index (χ1v) is 4.95. The molecule has 1 aromatic rings. The molecule has 3 nitrogen and oxygen atoms in total. The SMILES string of the molecule is CCOC(=O)C(=COC)c1ccc(F)cc1F. The van der Waals surface area contributed by atoms with Crippen molar-refractivity contribution in [3.05, 3.63) is 41.7 Å². The summed E-state index contributed by atoms with van der Waals surface area (Å²) in [5.74, 6) is -2.28. The molecule has 0 spiro atoms. The van der Waals surface area contributed by atoms with Crippen molar-refractivity contribution in [3.8, 4) is 0 Å². The molecule has 0 bridgehead atoms. The summed E-state index contributed by atoms with van der Waals surface area (Å²) in [6.07, 6.45) is 1.06. The topological polar surface area (TPSA) is 35.5 Å². The lowest BCUT2D eigenvalue weighted by Crippen LogP contribution is -2.08. The van der Waals surface area contributed by atoms with Crippen LogP contribution in [-0.2, 0) is 14.3 Å². The van der Waals surface area contributed by atoms with Crippen LogP contribution in [0.15, 0.2) is 24.5 Å². The molecule has 0 unspecified atom stereocenters. The molecule has 0 N–H and O–H groups in total. The molecule has 0 saturated heterocycles. The highest BCUT2D eigenvalue weighted by atomic mass is 19.1. The monoisotopic (exact) mass is 242 g/mol. The van der Waals surface area contributed by atoms with Crippen molar-refractivity contribution in [2.24, 2.45) is 0 Å². The smallest absolute Gasteiger partial charge is 0.341 e. The van der Waals surface area contributed by atoms with E-state index in [1.807, 2.05) is 0 Å². The molecule has 0 fully saturated rings. The molecule has 0 radical (unpaired) electrons. The van der Waals surface area contributed by atoms with Crippen LogP contribution in [0, 0.1) is 11.6 Å². The van der Waals surface area contributed by atoms with Gasteiger partial charge in [-0.1, -0.05) is 0 Å². The molecule has 0 saturated carbocycles. The summed E-state index contributed by atoms with van der Waals surface area (Å²) in [6, 6.07) is 2.91. The van der Waals surface area contributed by atoms with E-state index in [-0.39, 0.29) is 17.7 Å². The summed E-state index contributed by atoms with van der Waals surface area (Å²) in [7, 11) is 1.32.